The zero-order valence-corrected chi connectivity index (χ0v) is 16.5. The second-order valence-corrected chi connectivity index (χ2v) is 8.85. The molecule has 8 heteroatoms. The highest BCUT2D eigenvalue weighted by Crippen LogP contribution is 2.44. The Morgan fingerprint density at radius 2 is 1.62 bits per heavy atom. The van der Waals surface area contributed by atoms with Gasteiger partial charge in [0.25, 0.3) is 10.0 Å². The molecule has 0 spiro atoms. The third-order valence-corrected chi connectivity index (χ3v) is 6.84. The van der Waals surface area contributed by atoms with Crippen molar-refractivity contribution in [1.82, 2.24) is 8.87 Å². The number of benzene rings is 2. The first-order chi connectivity index (χ1) is 13.7. The number of para-hydroxylation sites is 1. The Hall–Kier alpha value is -2.58. The Bertz CT molecular complexity index is 1200. The zero-order valence-electron chi connectivity index (χ0n) is 15.6. The summed E-state index contributed by atoms with van der Waals surface area (Å²) in [6.45, 7) is 1.12. The number of fused-ring (bicyclic) bond motifs is 1. The van der Waals surface area contributed by atoms with Gasteiger partial charge < -0.3 is 4.90 Å². The fourth-order valence-corrected chi connectivity index (χ4v) is 5.30. The van der Waals surface area contributed by atoms with Crippen molar-refractivity contribution < 1.29 is 21.6 Å². The third-order valence-electron chi connectivity index (χ3n) is 5.12. The summed E-state index contributed by atoms with van der Waals surface area (Å²) in [5.41, 5.74) is -0.633. The van der Waals surface area contributed by atoms with Crippen molar-refractivity contribution in [3.05, 3.63) is 71.9 Å². The van der Waals surface area contributed by atoms with Gasteiger partial charge in [-0.25, -0.2) is 12.4 Å². The van der Waals surface area contributed by atoms with Gasteiger partial charge in [-0.15, -0.1) is 0 Å². The standard InChI is InChI=1S/C21H19F3N2O2S/c1-25-13-11-15(12-14-25)19-17-9-5-6-10-18(17)26(20(19)21(22,23)24)29(27,28)16-7-3-2-4-8-16/h2-11H,12-14H2,1H3. The normalized spacial score (nSPS) is 16.2. The van der Waals surface area contributed by atoms with E-state index in [1.165, 1.54) is 30.3 Å². The molecule has 0 saturated heterocycles. The Morgan fingerprint density at radius 1 is 0.966 bits per heavy atom. The molecule has 0 atom stereocenters. The summed E-state index contributed by atoms with van der Waals surface area (Å²) >= 11 is 0. The Labute approximate surface area is 166 Å². The van der Waals surface area contributed by atoms with E-state index in [0.29, 0.717) is 29.1 Å². The number of likely N-dealkylation sites (N-methyl/N-ethyl adjacent to an activating group) is 1. The van der Waals surface area contributed by atoms with Gasteiger partial charge in [0.1, 0.15) is 5.69 Å². The van der Waals surface area contributed by atoms with E-state index in [1.54, 1.807) is 30.3 Å². The van der Waals surface area contributed by atoms with E-state index >= 15 is 0 Å². The fourth-order valence-electron chi connectivity index (χ4n) is 3.74. The molecule has 0 unspecified atom stereocenters. The van der Waals surface area contributed by atoms with E-state index in [-0.39, 0.29) is 21.4 Å². The molecular weight excluding hydrogens is 401 g/mol. The maximum atomic E-state index is 14.3. The molecule has 4 rings (SSSR count). The first-order valence-corrected chi connectivity index (χ1v) is 10.5. The van der Waals surface area contributed by atoms with Crippen LogP contribution in [0.5, 0.6) is 0 Å². The van der Waals surface area contributed by atoms with Crippen LogP contribution >= 0.6 is 0 Å². The highest BCUT2D eigenvalue weighted by Gasteiger charge is 2.43. The molecule has 2 heterocycles. The molecule has 1 aliphatic heterocycles. The van der Waals surface area contributed by atoms with Crippen molar-refractivity contribution >= 4 is 26.5 Å². The van der Waals surface area contributed by atoms with Crippen LogP contribution in [0.4, 0.5) is 13.2 Å². The lowest BCUT2D eigenvalue weighted by Gasteiger charge is -2.23. The van der Waals surface area contributed by atoms with Crippen LogP contribution in [0.15, 0.2) is 65.6 Å². The van der Waals surface area contributed by atoms with Gasteiger partial charge >= 0.3 is 6.18 Å². The number of rotatable bonds is 3. The minimum atomic E-state index is -4.85. The van der Waals surface area contributed by atoms with Gasteiger partial charge in [-0.05, 0) is 37.2 Å². The highest BCUT2D eigenvalue weighted by molar-refractivity contribution is 7.90. The summed E-state index contributed by atoms with van der Waals surface area (Å²) in [5, 5.41) is 0.287. The molecule has 0 saturated carbocycles. The summed E-state index contributed by atoms with van der Waals surface area (Å²) in [6, 6.07) is 13.4. The predicted molar refractivity (Wildman–Crippen MR) is 106 cm³/mol. The summed E-state index contributed by atoms with van der Waals surface area (Å²) in [6.07, 6.45) is -2.68. The molecular formula is C21H19F3N2O2S. The lowest BCUT2D eigenvalue weighted by Crippen LogP contribution is -2.25. The smallest absolute Gasteiger partial charge is 0.302 e. The topological polar surface area (TPSA) is 42.3 Å². The number of nitrogens with zero attached hydrogens (tertiary/aromatic N) is 2. The first kappa shape index (κ1) is 19.7. The van der Waals surface area contributed by atoms with Crippen LogP contribution in [0.1, 0.15) is 17.7 Å². The van der Waals surface area contributed by atoms with Crippen LogP contribution in [0.2, 0.25) is 0 Å². The highest BCUT2D eigenvalue weighted by atomic mass is 32.2. The van der Waals surface area contributed by atoms with Crippen molar-refractivity contribution in [2.24, 2.45) is 0 Å². The number of alkyl halides is 3. The van der Waals surface area contributed by atoms with Crippen molar-refractivity contribution in [2.75, 3.05) is 20.1 Å². The fraction of sp³-hybridized carbons (Fsp3) is 0.238. The average molecular weight is 420 g/mol. The Morgan fingerprint density at radius 3 is 2.24 bits per heavy atom. The van der Waals surface area contributed by atoms with Crippen molar-refractivity contribution in [2.45, 2.75) is 17.5 Å². The van der Waals surface area contributed by atoms with E-state index in [2.05, 4.69) is 0 Å². The number of halogens is 3. The van der Waals surface area contributed by atoms with E-state index in [1.807, 2.05) is 11.9 Å². The zero-order chi connectivity index (χ0) is 20.8. The number of hydrogen-bond donors (Lipinski definition) is 0. The number of aromatic nitrogens is 1. The van der Waals surface area contributed by atoms with Gasteiger partial charge in [0.05, 0.1) is 10.4 Å². The van der Waals surface area contributed by atoms with Gasteiger partial charge in [0.2, 0.25) is 0 Å². The largest absolute Gasteiger partial charge is 0.433 e. The van der Waals surface area contributed by atoms with Crippen LogP contribution in [0.25, 0.3) is 16.5 Å². The van der Waals surface area contributed by atoms with Gasteiger partial charge in [-0.3, -0.25) is 0 Å². The SMILES string of the molecule is CN1CC=C(c2c(C(F)(F)F)n(S(=O)(=O)c3ccccc3)c3ccccc23)CC1. The van der Waals surface area contributed by atoms with E-state index in [0.717, 1.165) is 0 Å². The molecule has 4 nitrogen and oxygen atoms in total. The van der Waals surface area contributed by atoms with Gasteiger partial charge in [-0.1, -0.05) is 42.5 Å². The Balaban J connectivity index is 2.11. The van der Waals surface area contributed by atoms with Crippen LogP contribution < -0.4 is 0 Å². The average Bonchev–Trinajstić information content (AvgIpc) is 3.06. The molecule has 0 fully saturated rings. The van der Waals surface area contributed by atoms with E-state index in [4.69, 9.17) is 0 Å². The third kappa shape index (κ3) is 3.36. The lowest BCUT2D eigenvalue weighted by atomic mass is 9.96. The van der Waals surface area contributed by atoms with Gasteiger partial charge in [0.15, 0.2) is 0 Å². The second-order valence-electron chi connectivity index (χ2n) is 7.06. The van der Waals surface area contributed by atoms with Crippen molar-refractivity contribution in [3.63, 3.8) is 0 Å². The lowest BCUT2D eigenvalue weighted by molar-refractivity contribution is -0.141. The van der Waals surface area contributed by atoms with Gasteiger partial charge in [0, 0.05) is 24.0 Å². The molecule has 3 aromatic rings. The number of hydrogen-bond acceptors (Lipinski definition) is 3. The summed E-state index contributed by atoms with van der Waals surface area (Å²) in [4.78, 5) is 1.81. The molecule has 0 radical (unpaired) electrons. The summed E-state index contributed by atoms with van der Waals surface area (Å²) < 4.78 is 70.0. The molecule has 0 amide bonds. The molecule has 0 N–H and O–H groups in total. The summed E-state index contributed by atoms with van der Waals surface area (Å²) in [5.74, 6) is 0. The minimum absolute atomic E-state index is 0.0264. The van der Waals surface area contributed by atoms with Crippen LogP contribution in [-0.4, -0.2) is 37.4 Å². The molecule has 1 aliphatic rings. The summed E-state index contributed by atoms with van der Waals surface area (Å²) in [7, 11) is -2.56. The minimum Gasteiger partial charge on any atom is -0.302 e. The first-order valence-electron chi connectivity index (χ1n) is 9.10. The van der Waals surface area contributed by atoms with Crippen LogP contribution in [-0.2, 0) is 16.2 Å². The second kappa shape index (κ2) is 7.03. The maximum Gasteiger partial charge on any atom is 0.433 e. The molecule has 0 bridgehead atoms. The molecule has 0 aliphatic carbocycles. The monoisotopic (exact) mass is 420 g/mol. The molecule has 29 heavy (non-hydrogen) atoms. The van der Waals surface area contributed by atoms with Crippen molar-refractivity contribution in [3.8, 4) is 0 Å². The predicted octanol–water partition coefficient (Wildman–Crippen LogP) is 4.62. The van der Waals surface area contributed by atoms with E-state index in [9.17, 15) is 21.6 Å². The van der Waals surface area contributed by atoms with Crippen LogP contribution in [0, 0.1) is 0 Å². The van der Waals surface area contributed by atoms with Crippen LogP contribution in [0.3, 0.4) is 0 Å². The van der Waals surface area contributed by atoms with E-state index < -0.39 is 21.9 Å². The molecule has 1 aromatic heterocycles. The molecule has 152 valence electrons. The quantitative estimate of drug-likeness (QED) is 0.621. The molecule has 2 aromatic carbocycles. The van der Waals surface area contributed by atoms with Crippen molar-refractivity contribution in [1.29, 1.82) is 0 Å². The van der Waals surface area contributed by atoms with Gasteiger partial charge in [-0.2, -0.15) is 13.2 Å². The Kier molecular flexibility index (Phi) is 4.78. The maximum absolute atomic E-state index is 14.3.